The number of amides is 7. The van der Waals surface area contributed by atoms with E-state index in [1.807, 2.05) is 38.1 Å². The monoisotopic (exact) mass is 697 g/mol. The zero-order valence-corrected chi connectivity index (χ0v) is 29.3. The molecule has 0 aliphatic carbocycles. The van der Waals surface area contributed by atoms with Crippen LogP contribution in [0.5, 0.6) is 0 Å². The third-order valence-electron chi connectivity index (χ3n) is 8.44. The molecule has 0 radical (unpaired) electrons. The number of para-hydroxylation sites is 1. The molecule has 11 N–H and O–H groups in total. The number of fused-ring (bicyclic) bond motifs is 1. The fourth-order valence-electron chi connectivity index (χ4n) is 5.71. The highest BCUT2D eigenvalue weighted by molar-refractivity contribution is 5.99. The van der Waals surface area contributed by atoms with Gasteiger partial charge >= 0.3 is 0 Å². The van der Waals surface area contributed by atoms with E-state index in [9.17, 15) is 33.6 Å². The fraction of sp³-hybridized carbons (Fsp3) is 0.559. The fourth-order valence-corrected chi connectivity index (χ4v) is 5.71. The van der Waals surface area contributed by atoms with Gasteiger partial charge in [0.1, 0.15) is 36.3 Å². The van der Waals surface area contributed by atoms with Crippen molar-refractivity contribution in [1.29, 1.82) is 0 Å². The molecule has 274 valence electrons. The topological polar surface area (TPSA) is 260 Å². The van der Waals surface area contributed by atoms with Crippen LogP contribution in [0.15, 0.2) is 30.5 Å². The molecule has 0 unspecified atom stereocenters. The molecule has 0 saturated carbocycles. The summed E-state index contributed by atoms with van der Waals surface area (Å²) in [5, 5.41) is 16.6. The number of aromatic nitrogens is 1. The molecule has 50 heavy (non-hydrogen) atoms. The van der Waals surface area contributed by atoms with Crippen molar-refractivity contribution in [2.45, 2.75) is 103 Å². The van der Waals surface area contributed by atoms with Crippen LogP contribution >= 0.6 is 0 Å². The number of hydrogen-bond donors (Lipinski definition) is 9. The molecule has 3 rings (SSSR count). The lowest BCUT2D eigenvalue weighted by atomic mass is 9.99. The standard InChI is InChI=1S/C34H51N9O7/c1-17(2)13-24-31(47)38-19(5)29(45)43-28(18(3)4)34(50)42-26(15-27(36)44)33(49)39-23(11-8-12-35)30(46)41-25(32(48)40-24)14-20-16-37-22-10-7-6-9-21(20)22/h6-7,9-10,16-19,23-26,28,37H,8,11-15,35H2,1-5H3,(H2,36,44)(H,38,47)(H,39,49)(H,40,48)(H,41,46)(H,42,50)(H,43,45)/t19-,23-,24+,25+,26+,28+/m1/s1. The molecule has 16 nitrogen and oxygen atoms in total. The first kappa shape index (κ1) is 39.4. The number of benzene rings is 1. The van der Waals surface area contributed by atoms with E-state index in [0.717, 1.165) is 10.9 Å². The molecule has 1 saturated heterocycles. The first-order valence-electron chi connectivity index (χ1n) is 17.0. The molecule has 6 atom stereocenters. The minimum absolute atomic E-state index is 0.0188. The summed E-state index contributed by atoms with van der Waals surface area (Å²) in [6.45, 7) is 8.68. The van der Waals surface area contributed by atoms with Gasteiger partial charge in [0.25, 0.3) is 0 Å². The lowest BCUT2D eigenvalue weighted by Gasteiger charge is -2.29. The first-order valence-corrected chi connectivity index (χ1v) is 17.0. The molecule has 16 heteroatoms. The summed E-state index contributed by atoms with van der Waals surface area (Å²) in [4.78, 5) is 96.8. The number of hydrogen-bond acceptors (Lipinski definition) is 8. The van der Waals surface area contributed by atoms with Crippen molar-refractivity contribution in [3.05, 3.63) is 36.0 Å². The third-order valence-corrected chi connectivity index (χ3v) is 8.44. The van der Waals surface area contributed by atoms with Crippen LogP contribution in [0.3, 0.4) is 0 Å². The highest BCUT2D eigenvalue weighted by Crippen LogP contribution is 2.20. The quantitative estimate of drug-likeness (QED) is 0.148. The second-order valence-corrected chi connectivity index (χ2v) is 13.5. The van der Waals surface area contributed by atoms with Crippen molar-refractivity contribution in [3.8, 4) is 0 Å². The molecule has 0 spiro atoms. The third kappa shape index (κ3) is 11.0. The van der Waals surface area contributed by atoms with Crippen LogP contribution in [-0.2, 0) is 40.0 Å². The maximum Gasteiger partial charge on any atom is 0.243 e. The van der Waals surface area contributed by atoms with Crippen LogP contribution in [0.2, 0.25) is 0 Å². The van der Waals surface area contributed by atoms with Gasteiger partial charge in [0.15, 0.2) is 0 Å². The average Bonchev–Trinajstić information content (AvgIpc) is 3.45. The molecule has 7 amide bonds. The van der Waals surface area contributed by atoms with E-state index in [1.165, 1.54) is 6.92 Å². The number of aromatic amines is 1. The smallest absolute Gasteiger partial charge is 0.243 e. The van der Waals surface area contributed by atoms with Gasteiger partial charge in [0, 0.05) is 23.5 Å². The maximum absolute atomic E-state index is 14.0. The summed E-state index contributed by atoms with van der Waals surface area (Å²) in [5.41, 5.74) is 12.7. The molecule has 1 aliphatic heterocycles. The Kier molecular flexibility index (Phi) is 14.3. The lowest BCUT2D eigenvalue weighted by Crippen LogP contribution is -2.62. The van der Waals surface area contributed by atoms with E-state index >= 15 is 0 Å². The number of nitrogens with one attached hydrogen (secondary N) is 7. The maximum atomic E-state index is 14.0. The van der Waals surface area contributed by atoms with Gasteiger partial charge in [-0.05, 0) is 56.2 Å². The minimum Gasteiger partial charge on any atom is -0.370 e. The summed E-state index contributed by atoms with van der Waals surface area (Å²) < 4.78 is 0. The van der Waals surface area contributed by atoms with E-state index in [1.54, 1.807) is 20.0 Å². The van der Waals surface area contributed by atoms with Gasteiger partial charge in [-0.25, -0.2) is 0 Å². The highest BCUT2D eigenvalue weighted by atomic mass is 16.2. The molecule has 2 aromatic rings. The van der Waals surface area contributed by atoms with E-state index in [-0.39, 0.29) is 31.7 Å². The van der Waals surface area contributed by atoms with Crippen molar-refractivity contribution in [3.63, 3.8) is 0 Å². The molecule has 2 heterocycles. The number of rotatable bonds is 10. The van der Waals surface area contributed by atoms with Crippen LogP contribution < -0.4 is 43.4 Å². The van der Waals surface area contributed by atoms with Crippen LogP contribution in [-0.4, -0.2) is 89.1 Å². The Bertz CT molecular complexity index is 1560. The van der Waals surface area contributed by atoms with Crippen molar-refractivity contribution in [2.75, 3.05) is 6.54 Å². The highest BCUT2D eigenvalue weighted by Gasteiger charge is 2.35. The van der Waals surface area contributed by atoms with Gasteiger partial charge in [0.2, 0.25) is 41.4 Å². The van der Waals surface area contributed by atoms with Crippen LogP contribution in [0.1, 0.15) is 65.9 Å². The SMILES string of the molecule is CC(C)C[C@@H]1NC(=O)[C@H](Cc2c[nH]c3ccccc23)NC(=O)[C@@H](CCCN)NC(=O)[C@H](CC(N)=O)NC(=O)[C@H](C(C)C)NC(=O)[C@@H](C)NC1=O. The predicted octanol–water partition coefficient (Wildman–Crippen LogP) is -1.03. The van der Waals surface area contributed by atoms with Gasteiger partial charge < -0.3 is 48.4 Å². The Balaban J connectivity index is 2.08. The van der Waals surface area contributed by atoms with Crippen LogP contribution in [0.4, 0.5) is 0 Å². The van der Waals surface area contributed by atoms with E-state index < -0.39 is 89.9 Å². The molecular formula is C34H51N9O7. The Hall–Kier alpha value is -4.99. The van der Waals surface area contributed by atoms with E-state index in [0.29, 0.717) is 12.0 Å². The van der Waals surface area contributed by atoms with E-state index in [4.69, 9.17) is 11.5 Å². The molecule has 1 aromatic heterocycles. The van der Waals surface area contributed by atoms with Gasteiger partial charge in [-0.3, -0.25) is 33.6 Å². The van der Waals surface area contributed by atoms with Crippen LogP contribution in [0.25, 0.3) is 10.9 Å². The predicted molar refractivity (Wildman–Crippen MR) is 186 cm³/mol. The Morgan fingerprint density at radius 1 is 0.740 bits per heavy atom. The number of primary amides is 1. The molecule has 1 fully saturated rings. The summed E-state index contributed by atoms with van der Waals surface area (Å²) in [5.74, 6) is -5.78. The Morgan fingerprint density at radius 3 is 1.96 bits per heavy atom. The summed E-state index contributed by atoms with van der Waals surface area (Å²) >= 11 is 0. The van der Waals surface area contributed by atoms with Gasteiger partial charge in [-0.2, -0.15) is 0 Å². The number of carbonyl (C=O) groups excluding carboxylic acids is 7. The summed E-state index contributed by atoms with van der Waals surface area (Å²) in [6, 6.07) is 0.107. The molecule has 1 aliphatic rings. The van der Waals surface area contributed by atoms with Crippen molar-refractivity contribution >= 4 is 52.3 Å². The van der Waals surface area contributed by atoms with Gasteiger partial charge in [-0.1, -0.05) is 45.9 Å². The van der Waals surface area contributed by atoms with Crippen LogP contribution in [0, 0.1) is 11.8 Å². The molecule has 1 aromatic carbocycles. The first-order chi connectivity index (χ1) is 23.6. The van der Waals surface area contributed by atoms with E-state index in [2.05, 4.69) is 36.9 Å². The molecular weight excluding hydrogens is 646 g/mol. The minimum atomic E-state index is -1.50. The van der Waals surface area contributed by atoms with Gasteiger partial charge in [0.05, 0.1) is 6.42 Å². The zero-order chi connectivity index (χ0) is 37.1. The van der Waals surface area contributed by atoms with Gasteiger partial charge in [-0.15, -0.1) is 0 Å². The number of H-pyrrole nitrogens is 1. The number of carbonyl (C=O) groups is 7. The Labute approximate surface area is 291 Å². The average molecular weight is 698 g/mol. The lowest BCUT2D eigenvalue weighted by molar-refractivity contribution is -0.137. The summed E-state index contributed by atoms with van der Waals surface area (Å²) in [6.07, 6.45) is 1.73. The summed E-state index contributed by atoms with van der Waals surface area (Å²) in [7, 11) is 0. The Morgan fingerprint density at radius 2 is 1.32 bits per heavy atom. The second-order valence-electron chi connectivity index (χ2n) is 13.5. The van der Waals surface area contributed by atoms with Crippen molar-refractivity contribution < 1.29 is 33.6 Å². The second kappa shape index (κ2) is 18.1. The van der Waals surface area contributed by atoms with Crippen molar-refractivity contribution in [1.82, 2.24) is 36.9 Å². The molecule has 0 bridgehead atoms. The normalized spacial score (nSPS) is 24.8. The largest absolute Gasteiger partial charge is 0.370 e. The number of nitrogens with two attached hydrogens (primary N) is 2. The van der Waals surface area contributed by atoms with Crippen molar-refractivity contribution in [2.24, 2.45) is 23.3 Å². The zero-order valence-electron chi connectivity index (χ0n) is 29.3.